The van der Waals surface area contributed by atoms with Gasteiger partial charge in [0.1, 0.15) is 0 Å². The average Bonchev–Trinajstić information content (AvgIpc) is 3.12. The second-order valence-electron chi connectivity index (χ2n) is 6.39. The van der Waals surface area contributed by atoms with Gasteiger partial charge in [0.25, 0.3) is 0 Å². The Morgan fingerprint density at radius 1 is 1.38 bits per heavy atom. The average molecular weight is 329 g/mol. The number of carbonyl (C=O) groups excluding carboxylic acids is 1. The van der Waals surface area contributed by atoms with Gasteiger partial charge in [-0.25, -0.2) is 9.48 Å². The highest BCUT2D eigenvalue weighted by atomic mass is 16.3. The van der Waals surface area contributed by atoms with E-state index in [0.717, 1.165) is 17.7 Å². The maximum absolute atomic E-state index is 12.4. The van der Waals surface area contributed by atoms with Gasteiger partial charge in [-0.2, -0.15) is 0 Å². The molecule has 7 nitrogen and oxygen atoms in total. The molecule has 0 spiro atoms. The van der Waals surface area contributed by atoms with Crippen molar-refractivity contribution < 1.29 is 9.90 Å². The highest BCUT2D eigenvalue weighted by molar-refractivity contribution is 5.74. The summed E-state index contributed by atoms with van der Waals surface area (Å²) < 4.78 is 1.68. The third kappa shape index (κ3) is 3.56. The molecule has 0 aliphatic carbocycles. The van der Waals surface area contributed by atoms with Gasteiger partial charge in [-0.3, -0.25) is 0 Å². The smallest absolute Gasteiger partial charge is 0.317 e. The second-order valence-corrected chi connectivity index (χ2v) is 6.39. The van der Waals surface area contributed by atoms with Crippen LogP contribution < -0.4 is 5.32 Å². The Kier molecular flexibility index (Phi) is 4.80. The van der Waals surface area contributed by atoms with Crippen LogP contribution in [0.4, 0.5) is 4.79 Å². The Morgan fingerprint density at radius 3 is 2.75 bits per heavy atom. The first-order valence-corrected chi connectivity index (χ1v) is 8.24. The minimum absolute atomic E-state index is 0.112. The summed E-state index contributed by atoms with van der Waals surface area (Å²) in [5, 5.41) is 20.7. The summed E-state index contributed by atoms with van der Waals surface area (Å²) in [5.74, 6) is 0.246. The minimum atomic E-state index is -0.443. The van der Waals surface area contributed by atoms with E-state index in [0.29, 0.717) is 13.1 Å². The standard InChI is InChI=1S/C17H23N5O2/c1-12-7-9-21(11-16(12)23)17(24)19-13(2)14-3-5-15(6-4-14)22-10-8-18-20-22/h3-6,8,10,12-13,16,23H,7,9,11H2,1-2H3,(H,19,24). The quantitative estimate of drug-likeness (QED) is 0.898. The summed E-state index contributed by atoms with van der Waals surface area (Å²) in [6, 6.07) is 7.58. The van der Waals surface area contributed by atoms with Gasteiger partial charge in [-0.15, -0.1) is 5.10 Å². The topological polar surface area (TPSA) is 83.3 Å². The molecule has 2 amide bonds. The summed E-state index contributed by atoms with van der Waals surface area (Å²) in [4.78, 5) is 14.1. The number of piperidine rings is 1. The lowest BCUT2D eigenvalue weighted by Gasteiger charge is -2.35. The molecule has 7 heteroatoms. The lowest BCUT2D eigenvalue weighted by molar-refractivity contribution is 0.0431. The van der Waals surface area contributed by atoms with Gasteiger partial charge >= 0.3 is 6.03 Å². The van der Waals surface area contributed by atoms with Crippen molar-refractivity contribution in [2.45, 2.75) is 32.4 Å². The molecule has 1 aromatic carbocycles. The monoisotopic (exact) mass is 329 g/mol. The minimum Gasteiger partial charge on any atom is -0.391 e. The van der Waals surface area contributed by atoms with Crippen LogP contribution in [0, 0.1) is 5.92 Å². The van der Waals surface area contributed by atoms with Crippen molar-refractivity contribution in [1.82, 2.24) is 25.2 Å². The van der Waals surface area contributed by atoms with E-state index >= 15 is 0 Å². The molecule has 3 rings (SSSR count). The van der Waals surface area contributed by atoms with Crippen molar-refractivity contribution in [2.75, 3.05) is 13.1 Å². The summed E-state index contributed by atoms with van der Waals surface area (Å²) >= 11 is 0. The fraction of sp³-hybridized carbons (Fsp3) is 0.471. The van der Waals surface area contributed by atoms with E-state index in [4.69, 9.17) is 0 Å². The SMILES string of the molecule is CC(NC(=O)N1CCC(C)C(O)C1)c1ccc(-n2ccnn2)cc1. The van der Waals surface area contributed by atoms with Gasteiger partial charge < -0.3 is 15.3 Å². The maximum atomic E-state index is 12.4. The van der Waals surface area contributed by atoms with Gasteiger partial charge in [0.2, 0.25) is 0 Å². The number of aliphatic hydroxyl groups excluding tert-OH is 1. The van der Waals surface area contributed by atoms with E-state index in [1.54, 1.807) is 22.0 Å². The van der Waals surface area contributed by atoms with E-state index in [2.05, 4.69) is 15.6 Å². The Morgan fingerprint density at radius 2 is 2.12 bits per heavy atom. The fourth-order valence-electron chi connectivity index (χ4n) is 2.85. The largest absolute Gasteiger partial charge is 0.391 e. The Balaban J connectivity index is 1.60. The van der Waals surface area contributed by atoms with Crippen molar-refractivity contribution in [3.8, 4) is 5.69 Å². The number of benzene rings is 1. The molecule has 1 aliphatic rings. The molecule has 1 fully saturated rings. The zero-order chi connectivity index (χ0) is 17.1. The van der Waals surface area contributed by atoms with Crippen molar-refractivity contribution in [3.05, 3.63) is 42.2 Å². The molecule has 0 bridgehead atoms. The Bertz CT molecular complexity index is 671. The molecule has 1 saturated heterocycles. The number of urea groups is 1. The molecular weight excluding hydrogens is 306 g/mol. The number of likely N-dealkylation sites (tertiary alicyclic amines) is 1. The van der Waals surface area contributed by atoms with Crippen LogP contribution in [0.2, 0.25) is 0 Å². The van der Waals surface area contributed by atoms with E-state index in [9.17, 15) is 9.90 Å². The predicted molar refractivity (Wildman–Crippen MR) is 89.7 cm³/mol. The maximum Gasteiger partial charge on any atom is 0.317 e. The lowest BCUT2D eigenvalue weighted by Crippen LogP contribution is -2.50. The van der Waals surface area contributed by atoms with Crippen LogP contribution in [0.5, 0.6) is 0 Å². The zero-order valence-electron chi connectivity index (χ0n) is 14.0. The van der Waals surface area contributed by atoms with E-state index in [1.807, 2.05) is 38.1 Å². The number of carbonyl (C=O) groups is 1. The Labute approximate surface area is 141 Å². The molecule has 24 heavy (non-hydrogen) atoms. The number of nitrogens with one attached hydrogen (secondary N) is 1. The van der Waals surface area contributed by atoms with Crippen LogP contribution in [0.3, 0.4) is 0 Å². The third-order valence-corrected chi connectivity index (χ3v) is 4.63. The predicted octanol–water partition coefficient (Wildman–Crippen LogP) is 1.74. The molecule has 1 aromatic heterocycles. The van der Waals surface area contributed by atoms with E-state index < -0.39 is 6.10 Å². The van der Waals surface area contributed by atoms with Crippen molar-refractivity contribution in [2.24, 2.45) is 5.92 Å². The van der Waals surface area contributed by atoms with Gasteiger partial charge in [-0.05, 0) is 37.0 Å². The molecule has 2 aromatic rings. The summed E-state index contributed by atoms with van der Waals surface area (Å²) in [5.41, 5.74) is 1.93. The molecule has 2 N–H and O–H groups in total. The molecule has 0 saturated carbocycles. The molecular formula is C17H23N5O2. The van der Waals surface area contributed by atoms with Crippen molar-refractivity contribution in [1.29, 1.82) is 0 Å². The lowest BCUT2D eigenvalue weighted by atomic mass is 9.96. The normalized spacial score (nSPS) is 22.2. The number of rotatable bonds is 3. The van der Waals surface area contributed by atoms with Crippen LogP contribution in [0.25, 0.3) is 5.69 Å². The van der Waals surface area contributed by atoms with Crippen molar-refractivity contribution in [3.63, 3.8) is 0 Å². The number of amides is 2. The number of aliphatic hydroxyl groups is 1. The van der Waals surface area contributed by atoms with Gasteiger partial charge in [0.05, 0.1) is 30.2 Å². The third-order valence-electron chi connectivity index (χ3n) is 4.63. The fourth-order valence-corrected chi connectivity index (χ4v) is 2.85. The molecule has 3 atom stereocenters. The first-order valence-electron chi connectivity index (χ1n) is 8.24. The molecule has 1 aliphatic heterocycles. The summed E-state index contributed by atoms with van der Waals surface area (Å²) in [6.07, 6.45) is 3.80. The summed E-state index contributed by atoms with van der Waals surface area (Å²) in [7, 11) is 0. The molecule has 0 radical (unpaired) electrons. The van der Waals surface area contributed by atoms with Crippen LogP contribution in [0.1, 0.15) is 31.9 Å². The molecule has 2 heterocycles. The van der Waals surface area contributed by atoms with Crippen LogP contribution in [0.15, 0.2) is 36.7 Å². The first-order chi connectivity index (χ1) is 11.5. The second kappa shape index (κ2) is 7.00. The zero-order valence-corrected chi connectivity index (χ0v) is 14.0. The number of hydrogen-bond acceptors (Lipinski definition) is 4. The van der Waals surface area contributed by atoms with E-state index in [-0.39, 0.29) is 18.0 Å². The number of nitrogens with zero attached hydrogens (tertiary/aromatic N) is 4. The van der Waals surface area contributed by atoms with Crippen LogP contribution >= 0.6 is 0 Å². The van der Waals surface area contributed by atoms with Gasteiger partial charge in [0.15, 0.2) is 0 Å². The Hall–Kier alpha value is -2.41. The van der Waals surface area contributed by atoms with Crippen LogP contribution in [-0.2, 0) is 0 Å². The number of β-amino-alcohol motifs (C(OH)–C–C–N with tert-alkyl or cyclic N) is 1. The van der Waals surface area contributed by atoms with E-state index in [1.165, 1.54) is 0 Å². The first kappa shape index (κ1) is 16.4. The highest BCUT2D eigenvalue weighted by Crippen LogP contribution is 2.19. The number of aromatic nitrogens is 3. The molecule has 3 unspecified atom stereocenters. The van der Waals surface area contributed by atoms with Crippen LogP contribution in [-0.4, -0.2) is 50.2 Å². The van der Waals surface area contributed by atoms with Gasteiger partial charge in [0, 0.05) is 13.1 Å². The van der Waals surface area contributed by atoms with Crippen molar-refractivity contribution >= 4 is 6.03 Å². The molecule has 128 valence electrons. The number of hydrogen-bond donors (Lipinski definition) is 2. The highest BCUT2D eigenvalue weighted by Gasteiger charge is 2.27. The van der Waals surface area contributed by atoms with Gasteiger partial charge in [-0.1, -0.05) is 24.3 Å². The summed E-state index contributed by atoms with van der Waals surface area (Å²) in [6.45, 7) is 5.04.